The smallest absolute Gasteiger partial charge is 0.247 e. The Balaban J connectivity index is 1.65. The van der Waals surface area contributed by atoms with Crippen LogP contribution in [0.2, 0.25) is 0 Å². The first-order chi connectivity index (χ1) is 19.9. The number of halogens is 1. The van der Waals surface area contributed by atoms with Crippen molar-refractivity contribution in [3.05, 3.63) is 60.2 Å². The molecule has 1 aliphatic rings. The first-order valence-corrected chi connectivity index (χ1v) is 13.7. The predicted octanol–water partition coefficient (Wildman–Crippen LogP) is 4.73. The topological polar surface area (TPSA) is 128 Å². The van der Waals surface area contributed by atoms with E-state index >= 15 is 0 Å². The molecule has 11 nitrogen and oxygen atoms in total. The van der Waals surface area contributed by atoms with Crippen LogP contribution in [0.25, 0.3) is 0 Å². The van der Waals surface area contributed by atoms with Gasteiger partial charge in [-0.1, -0.05) is 6.58 Å². The van der Waals surface area contributed by atoms with E-state index in [4.69, 9.17) is 4.74 Å². The van der Waals surface area contributed by atoms with Crippen LogP contribution in [0.3, 0.4) is 0 Å². The molecule has 1 aromatic heterocycles. The fourth-order valence-corrected chi connectivity index (χ4v) is 4.47. The maximum Gasteiger partial charge on any atom is 0.247 e. The first kappa shape index (κ1) is 30.7. The summed E-state index contributed by atoms with van der Waals surface area (Å²) in [4.78, 5) is 29.2. The minimum Gasteiger partial charge on any atom is -0.494 e. The number of nitrogens with one attached hydrogen (secondary N) is 3. The van der Waals surface area contributed by atoms with Gasteiger partial charge in [-0.25, -0.2) is 14.4 Å². The summed E-state index contributed by atoms with van der Waals surface area (Å²) in [6.07, 6.45) is 4.39. The Labute approximate surface area is 245 Å². The van der Waals surface area contributed by atoms with Crippen LogP contribution in [-0.4, -0.2) is 72.2 Å². The number of aromatic nitrogens is 3. The quantitative estimate of drug-likeness (QED) is 0.211. The summed E-state index contributed by atoms with van der Waals surface area (Å²) in [7, 11) is 7.46. The molecule has 0 aliphatic heterocycles. The van der Waals surface area contributed by atoms with E-state index in [2.05, 4.69) is 42.4 Å². The van der Waals surface area contributed by atoms with E-state index in [0.717, 1.165) is 25.1 Å². The Hall–Kier alpha value is -4.29. The van der Waals surface area contributed by atoms with Gasteiger partial charge in [-0.2, -0.15) is 4.98 Å². The maximum atomic E-state index is 15.0. The zero-order chi connectivity index (χ0) is 30.6. The predicted molar refractivity (Wildman–Crippen MR) is 164 cm³/mol. The van der Waals surface area contributed by atoms with Gasteiger partial charge in [0.2, 0.25) is 17.8 Å². The van der Waals surface area contributed by atoms with Gasteiger partial charge in [-0.05, 0) is 76.5 Å². The molecule has 1 fully saturated rings. The molecular formula is C30H39FN8O3. The average molecular weight is 579 g/mol. The standard InChI is InChI=1S/C30H39FN8O3/c1-8-27(40)34-23-15-24(26(42-7)16-25(23)39(6)12-11-38(4)5)36-29-33-17-32-28(37-29)35-22-14-21(31)19(18-9-10-18)13-20(22)30(2,3)41/h8,13-18,41H,1,9-12H2,2-7H3,(H,34,40)(H2,32,33,35,36,37). The van der Waals surface area contributed by atoms with Crippen molar-refractivity contribution < 1.29 is 19.0 Å². The molecule has 4 N–H and O–H groups in total. The van der Waals surface area contributed by atoms with Crippen LogP contribution in [0, 0.1) is 5.82 Å². The van der Waals surface area contributed by atoms with E-state index in [1.807, 2.05) is 32.1 Å². The monoisotopic (exact) mass is 578 g/mol. The summed E-state index contributed by atoms with van der Waals surface area (Å²) < 4.78 is 20.6. The molecule has 0 saturated heterocycles. The van der Waals surface area contributed by atoms with Crippen molar-refractivity contribution in [3.63, 3.8) is 0 Å². The van der Waals surface area contributed by atoms with Gasteiger partial charge in [0.05, 0.1) is 29.8 Å². The van der Waals surface area contributed by atoms with Gasteiger partial charge in [0, 0.05) is 37.5 Å². The van der Waals surface area contributed by atoms with Gasteiger partial charge in [0.25, 0.3) is 0 Å². The Morgan fingerprint density at radius 2 is 1.76 bits per heavy atom. The lowest BCUT2D eigenvalue weighted by molar-refractivity contribution is -0.111. The number of carbonyl (C=O) groups is 1. The van der Waals surface area contributed by atoms with E-state index in [1.54, 1.807) is 33.1 Å². The molecule has 0 atom stereocenters. The van der Waals surface area contributed by atoms with E-state index in [-0.39, 0.29) is 29.5 Å². The highest BCUT2D eigenvalue weighted by atomic mass is 19.1. The van der Waals surface area contributed by atoms with Gasteiger partial charge in [0.15, 0.2) is 0 Å². The van der Waals surface area contributed by atoms with Crippen molar-refractivity contribution in [3.8, 4) is 5.75 Å². The number of likely N-dealkylation sites (N-methyl/N-ethyl adjacent to an activating group) is 2. The number of anilines is 6. The molecule has 1 aliphatic carbocycles. The fraction of sp³-hybridized carbons (Fsp3) is 0.400. The second kappa shape index (κ2) is 12.7. The van der Waals surface area contributed by atoms with Gasteiger partial charge >= 0.3 is 0 Å². The van der Waals surface area contributed by atoms with Gasteiger partial charge in [-0.3, -0.25) is 4.79 Å². The molecule has 224 valence electrons. The van der Waals surface area contributed by atoms with Crippen molar-refractivity contribution in [2.45, 2.75) is 38.2 Å². The Bertz CT molecular complexity index is 1450. The lowest BCUT2D eigenvalue weighted by atomic mass is 9.93. The number of ether oxygens (including phenoxy) is 1. The summed E-state index contributed by atoms with van der Waals surface area (Å²) in [5, 5.41) is 19.9. The number of rotatable bonds is 13. The first-order valence-electron chi connectivity index (χ1n) is 13.7. The second-order valence-corrected chi connectivity index (χ2v) is 11.1. The normalized spacial score (nSPS) is 13.1. The Kier molecular flexibility index (Phi) is 9.27. The average Bonchev–Trinajstić information content (AvgIpc) is 3.77. The number of nitrogens with zero attached hydrogens (tertiary/aromatic N) is 5. The minimum absolute atomic E-state index is 0.149. The highest BCUT2D eigenvalue weighted by Crippen LogP contribution is 2.44. The zero-order valence-electron chi connectivity index (χ0n) is 25.0. The molecule has 0 spiro atoms. The Morgan fingerprint density at radius 1 is 1.10 bits per heavy atom. The summed E-state index contributed by atoms with van der Waals surface area (Å²) in [5.41, 5.74) is 2.07. The number of benzene rings is 2. The number of amides is 1. The number of aliphatic hydroxyl groups is 1. The van der Waals surface area contributed by atoms with Crippen LogP contribution < -0.4 is 25.6 Å². The van der Waals surface area contributed by atoms with Crippen molar-refractivity contribution >= 4 is 40.6 Å². The molecule has 3 aromatic rings. The third-order valence-electron chi connectivity index (χ3n) is 6.93. The van der Waals surface area contributed by atoms with E-state index in [1.165, 1.54) is 18.5 Å². The van der Waals surface area contributed by atoms with Crippen molar-refractivity contribution in [2.75, 3.05) is 62.2 Å². The van der Waals surface area contributed by atoms with Crippen LogP contribution in [0.4, 0.5) is 39.0 Å². The number of methoxy groups -OCH3 is 1. The van der Waals surface area contributed by atoms with Gasteiger partial charge < -0.3 is 35.6 Å². The highest BCUT2D eigenvalue weighted by molar-refractivity contribution is 6.02. The number of hydrogen-bond acceptors (Lipinski definition) is 10. The lowest BCUT2D eigenvalue weighted by Gasteiger charge is -2.26. The largest absolute Gasteiger partial charge is 0.494 e. The zero-order valence-corrected chi connectivity index (χ0v) is 25.0. The highest BCUT2D eigenvalue weighted by Gasteiger charge is 2.30. The summed E-state index contributed by atoms with van der Waals surface area (Å²) in [6.45, 7) is 8.37. The molecule has 0 radical (unpaired) electrons. The molecule has 0 unspecified atom stereocenters. The molecule has 1 heterocycles. The van der Waals surface area contributed by atoms with Crippen LogP contribution >= 0.6 is 0 Å². The van der Waals surface area contributed by atoms with E-state index in [0.29, 0.717) is 40.5 Å². The molecule has 0 bridgehead atoms. The van der Waals surface area contributed by atoms with Crippen LogP contribution in [0.1, 0.15) is 43.7 Å². The van der Waals surface area contributed by atoms with E-state index < -0.39 is 5.60 Å². The van der Waals surface area contributed by atoms with Gasteiger partial charge in [0.1, 0.15) is 17.9 Å². The van der Waals surface area contributed by atoms with Gasteiger partial charge in [-0.15, -0.1) is 0 Å². The third kappa shape index (κ3) is 7.51. The lowest BCUT2D eigenvalue weighted by Crippen LogP contribution is -2.29. The SMILES string of the molecule is C=CC(=O)Nc1cc(Nc2ncnc(Nc3cc(F)c(C4CC4)cc3C(C)(C)O)n2)c(OC)cc1N(C)CCN(C)C. The summed E-state index contributed by atoms with van der Waals surface area (Å²) >= 11 is 0. The minimum atomic E-state index is -1.23. The molecular weight excluding hydrogens is 539 g/mol. The summed E-state index contributed by atoms with van der Waals surface area (Å²) in [6, 6.07) is 6.64. The molecule has 12 heteroatoms. The number of hydrogen-bond donors (Lipinski definition) is 4. The van der Waals surface area contributed by atoms with Crippen LogP contribution in [-0.2, 0) is 10.4 Å². The van der Waals surface area contributed by atoms with Crippen molar-refractivity contribution in [1.29, 1.82) is 0 Å². The number of carbonyl (C=O) groups excluding carboxylic acids is 1. The molecule has 1 saturated carbocycles. The third-order valence-corrected chi connectivity index (χ3v) is 6.93. The van der Waals surface area contributed by atoms with E-state index in [9.17, 15) is 14.3 Å². The summed E-state index contributed by atoms with van der Waals surface area (Å²) in [5.74, 6) is 0.312. The fourth-order valence-electron chi connectivity index (χ4n) is 4.47. The molecule has 42 heavy (non-hydrogen) atoms. The van der Waals surface area contributed by atoms with Crippen LogP contribution in [0.5, 0.6) is 5.75 Å². The molecule has 2 aromatic carbocycles. The Morgan fingerprint density at radius 3 is 2.33 bits per heavy atom. The maximum absolute atomic E-state index is 15.0. The molecule has 4 rings (SSSR count). The van der Waals surface area contributed by atoms with Crippen LogP contribution in [0.15, 0.2) is 43.2 Å². The van der Waals surface area contributed by atoms with Crippen molar-refractivity contribution in [2.24, 2.45) is 0 Å². The molecule has 1 amide bonds. The second-order valence-electron chi connectivity index (χ2n) is 11.1. The van der Waals surface area contributed by atoms with Crippen molar-refractivity contribution in [1.82, 2.24) is 19.9 Å².